The van der Waals surface area contributed by atoms with Gasteiger partial charge in [-0.25, -0.2) is 0 Å². The Morgan fingerprint density at radius 3 is 2.95 bits per heavy atom. The molecule has 2 atom stereocenters. The van der Waals surface area contributed by atoms with Crippen molar-refractivity contribution in [2.75, 3.05) is 25.1 Å². The maximum atomic E-state index is 12.6. The number of nitrogen functional groups attached to an aromatic ring is 1. The number of carbonyl (C=O) groups excluding carboxylic acids is 1. The molecule has 0 aliphatic carbocycles. The van der Waals surface area contributed by atoms with Crippen LogP contribution in [0.4, 0.5) is 5.69 Å². The number of aliphatic hydroxyl groups excluding tert-OH is 1. The van der Waals surface area contributed by atoms with Crippen molar-refractivity contribution in [3.63, 3.8) is 0 Å². The summed E-state index contributed by atoms with van der Waals surface area (Å²) in [5.41, 5.74) is 4.68. The van der Waals surface area contributed by atoms with E-state index in [1.807, 2.05) is 26.0 Å². The van der Waals surface area contributed by atoms with Gasteiger partial charge in [0.1, 0.15) is 0 Å². The van der Waals surface area contributed by atoms with Gasteiger partial charge in [-0.15, -0.1) is 0 Å². The molecule has 2 rings (SSSR count). The van der Waals surface area contributed by atoms with E-state index >= 15 is 0 Å². The number of rotatable bonds is 3. The topological polar surface area (TPSA) is 87.8 Å². The van der Waals surface area contributed by atoms with Gasteiger partial charge in [-0.1, -0.05) is 11.6 Å². The van der Waals surface area contributed by atoms with E-state index in [1.165, 1.54) is 0 Å². The summed E-state index contributed by atoms with van der Waals surface area (Å²) in [6.45, 7) is 4.62. The fourth-order valence-corrected chi connectivity index (χ4v) is 2.44. The van der Waals surface area contributed by atoms with Gasteiger partial charge in [-0.05, 0) is 26.0 Å². The first-order valence-corrected chi connectivity index (χ1v) is 6.68. The van der Waals surface area contributed by atoms with E-state index < -0.39 is 0 Å². The summed E-state index contributed by atoms with van der Waals surface area (Å²) >= 11 is 0. The van der Waals surface area contributed by atoms with Gasteiger partial charge in [0, 0.05) is 13.1 Å². The van der Waals surface area contributed by atoms with E-state index in [0.717, 1.165) is 5.56 Å². The third-order valence-electron chi connectivity index (χ3n) is 3.38. The predicted molar refractivity (Wildman–Crippen MR) is 76.3 cm³/mol. The number of hydrazine groups is 1. The van der Waals surface area contributed by atoms with E-state index in [9.17, 15) is 9.90 Å². The second kappa shape index (κ2) is 6.21. The highest BCUT2D eigenvalue weighted by atomic mass is 16.5. The number of hydrogen-bond donors (Lipinski definition) is 3. The molecule has 1 aliphatic heterocycles. The number of nitrogens with zero attached hydrogens (tertiary/aromatic N) is 1. The number of aryl methyl sites for hydroxylation is 1. The maximum absolute atomic E-state index is 12.6. The second-order valence-electron chi connectivity index (χ2n) is 5.15. The molecular formula is C14H21N3O3. The van der Waals surface area contributed by atoms with Crippen LogP contribution in [0.5, 0.6) is 0 Å². The molecule has 1 saturated heterocycles. The van der Waals surface area contributed by atoms with Gasteiger partial charge < -0.3 is 20.2 Å². The van der Waals surface area contributed by atoms with Crippen LogP contribution in [0.15, 0.2) is 18.2 Å². The summed E-state index contributed by atoms with van der Waals surface area (Å²) in [7, 11) is 0. The van der Waals surface area contributed by atoms with Crippen LogP contribution >= 0.6 is 0 Å². The molecule has 110 valence electrons. The number of amides is 1. The average Bonchev–Trinajstić information content (AvgIpc) is 2.45. The van der Waals surface area contributed by atoms with Crippen molar-refractivity contribution in [1.82, 2.24) is 4.90 Å². The Labute approximate surface area is 118 Å². The Morgan fingerprint density at radius 2 is 2.30 bits per heavy atom. The number of nitrogens with one attached hydrogen (secondary N) is 1. The molecule has 20 heavy (non-hydrogen) atoms. The zero-order valence-corrected chi connectivity index (χ0v) is 11.8. The normalized spacial score (nSPS) is 22.7. The number of morpholine rings is 1. The monoisotopic (exact) mass is 279 g/mol. The number of ether oxygens (including phenoxy) is 1. The van der Waals surface area contributed by atoms with Gasteiger partial charge in [-0.3, -0.25) is 10.6 Å². The summed E-state index contributed by atoms with van der Waals surface area (Å²) in [5, 5.41) is 9.23. The Kier molecular flexibility index (Phi) is 4.59. The number of anilines is 1. The molecule has 1 aliphatic rings. The number of carbonyl (C=O) groups is 1. The van der Waals surface area contributed by atoms with Crippen LogP contribution < -0.4 is 11.3 Å². The average molecular weight is 279 g/mol. The molecule has 0 spiro atoms. The van der Waals surface area contributed by atoms with Crippen LogP contribution in [-0.4, -0.2) is 47.8 Å². The molecule has 1 fully saturated rings. The fourth-order valence-electron chi connectivity index (χ4n) is 2.44. The van der Waals surface area contributed by atoms with Crippen molar-refractivity contribution >= 4 is 11.6 Å². The molecule has 6 nitrogen and oxygen atoms in total. The van der Waals surface area contributed by atoms with E-state index in [-0.39, 0.29) is 24.7 Å². The maximum Gasteiger partial charge on any atom is 0.256 e. The number of hydrogen-bond acceptors (Lipinski definition) is 5. The zero-order valence-electron chi connectivity index (χ0n) is 11.8. The summed E-state index contributed by atoms with van der Waals surface area (Å²) in [5.74, 6) is 5.36. The molecule has 1 heterocycles. The molecule has 6 heteroatoms. The second-order valence-corrected chi connectivity index (χ2v) is 5.15. The van der Waals surface area contributed by atoms with E-state index in [1.54, 1.807) is 11.0 Å². The van der Waals surface area contributed by atoms with Gasteiger partial charge in [0.2, 0.25) is 0 Å². The van der Waals surface area contributed by atoms with Gasteiger partial charge in [0.05, 0.1) is 30.1 Å². The van der Waals surface area contributed by atoms with Crippen LogP contribution in [0.2, 0.25) is 0 Å². The number of benzene rings is 1. The standard InChI is InChI=1S/C14H21N3O3/c1-9-3-4-13(16-15)12(5-9)14(19)17-6-10(2)20-11(7-17)8-18/h3-5,10-11,16,18H,6-8,15H2,1-2H3. The van der Waals surface area contributed by atoms with Crippen molar-refractivity contribution in [1.29, 1.82) is 0 Å². The molecule has 0 aromatic heterocycles. The van der Waals surface area contributed by atoms with Crippen LogP contribution in [-0.2, 0) is 4.74 Å². The summed E-state index contributed by atoms with van der Waals surface area (Å²) < 4.78 is 5.55. The van der Waals surface area contributed by atoms with E-state index in [4.69, 9.17) is 10.6 Å². The van der Waals surface area contributed by atoms with Gasteiger partial charge in [0.15, 0.2) is 0 Å². The first-order valence-electron chi connectivity index (χ1n) is 6.68. The Hall–Kier alpha value is -1.63. The van der Waals surface area contributed by atoms with Gasteiger partial charge in [-0.2, -0.15) is 0 Å². The number of nitrogens with two attached hydrogens (primary N) is 1. The predicted octanol–water partition coefficient (Wildman–Crippen LogP) is 0.502. The summed E-state index contributed by atoms with van der Waals surface area (Å²) in [6.07, 6.45) is -0.425. The fraction of sp³-hybridized carbons (Fsp3) is 0.500. The van der Waals surface area contributed by atoms with Gasteiger partial charge in [0.25, 0.3) is 5.91 Å². The minimum absolute atomic E-state index is 0.0933. The lowest BCUT2D eigenvalue weighted by atomic mass is 10.1. The van der Waals surface area contributed by atoms with Crippen LogP contribution in [0, 0.1) is 6.92 Å². The lowest BCUT2D eigenvalue weighted by Crippen LogP contribution is -2.50. The van der Waals surface area contributed by atoms with E-state index in [2.05, 4.69) is 5.43 Å². The van der Waals surface area contributed by atoms with E-state index in [0.29, 0.717) is 24.3 Å². The molecule has 0 saturated carbocycles. The smallest absolute Gasteiger partial charge is 0.256 e. The molecular weight excluding hydrogens is 258 g/mol. The lowest BCUT2D eigenvalue weighted by molar-refractivity contribution is -0.0858. The van der Waals surface area contributed by atoms with Gasteiger partial charge >= 0.3 is 0 Å². The summed E-state index contributed by atoms with van der Waals surface area (Å²) in [4.78, 5) is 14.3. The highest BCUT2D eigenvalue weighted by molar-refractivity contribution is 5.99. The highest BCUT2D eigenvalue weighted by Gasteiger charge is 2.29. The van der Waals surface area contributed by atoms with Crippen molar-refractivity contribution < 1.29 is 14.6 Å². The Balaban J connectivity index is 2.24. The molecule has 2 unspecified atom stereocenters. The van der Waals surface area contributed by atoms with Crippen molar-refractivity contribution in [3.8, 4) is 0 Å². The quantitative estimate of drug-likeness (QED) is 0.554. The van der Waals surface area contributed by atoms with Crippen LogP contribution in [0.3, 0.4) is 0 Å². The van der Waals surface area contributed by atoms with Crippen molar-refractivity contribution in [2.24, 2.45) is 5.84 Å². The highest BCUT2D eigenvalue weighted by Crippen LogP contribution is 2.21. The molecule has 1 aromatic carbocycles. The number of aliphatic hydroxyl groups is 1. The molecule has 1 aromatic rings. The van der Waals surface area contributed by atoms with Crippen molar-refractivity contribution in [3.05, 3.63) is 29.3 Å². The van der Waals surface area contributed by atoms with Crippen LogP contribution in [0.25, 0.3) is 0 Å². The minimum atomic E-state index is -0.332. The van der Waals surface area contributed by atoms with Crippen LogP contribution in [0.1, 0.15) is 22.8 Å². The summed E-state index contributed by atoms with van der Waals surface area (Å²) in [6, 6.07) is 5.49. The third kappa shape index (κ3) is 3.09. The third-order valence-corrected chi connectivity index (χ3v) is 3.38. The first-order chi connectivity index (χ1) is 9.55. The molecule has 4 N–H and O–H groups in total. The first kappa shape index (κ1) is 14.8. The largest absolute Gasteiger partial charge is 0.394 e. The zero-order chi connectivity index (χ0) is 14.7. The Bertz CT molecular complexity index is 493. The molecule has 1 amide bonds. The molecule has 0 radical (unpaired) electrons. The SMILES string of the molecule is Cc1ccc(NN)c(C(=O)N2CC(C)OC(CO)C2)c1. The lowest BCUT2D eigenvalue weighted by Gasteiger charge is -2.36. The Morgan fingerprint density at radius 1 is 1.55 bits per heavy atom. The minimum Gasteiger partial charge on any atom is -0.394 e. The molecule has 0 bridgehead atoms. The van der Waals surface area contributed by atoms with Crippen molar-refractivity contribution in [2.45, 2.75) is 26.1 Å².